The Morgan fingerprint density at radius 2 is 2.23 bits per heavy atom. The fraction of sp³-hybridized carbons (Fsp3) is 0.571. The van der Waals surface area contributed by atoms with Crippen molar-refractivity contribution in [3.63, 3.8) is 0 Å². The van der Waals surface area contributed by atoms with Crippen LogP contribution in [0.25, 0.3) is 0 Å². The Balaban J connectivity index is 2.82. The lowest BCUT2D eigenvalue weighted by atomic mass is 10.5. The smallest absolute Gasteiger partial charge is 0.258 e. The zero-order chi connectivity index (χ0) is 9.84. The number of hydrogen-bond donors (Lipinski definition) is 3. The van der Waals surface area contributed by atoms with E-state index in [1.54, 1.807) is 4.68 Å². The molecule has 0 unspecified atom stereocenters. The number of anilines is 2. The maximum atomic E-state index is 5.69. The minimum Gasteiger partial charge on any atom is -0.478 e. The Morgan fingerprint density at radius 1 is 1.54 bits per heavy atom. The molecule has 0 saturated carbocycles. The molecule has 0 spiro atoms. The lowest BCUT2D eigenvalue weighted by molar-refractivity contribution is 0.389. The summed E-state index contributed by atoms with van der Waals surface area (Å²) in [5, 5.41) is 7.06. The highest BCUT2D eigenvalue weighted by Gasteiger charge is 2.11. The van der Waals surface area contributed by atoms with E-state index in [2.05, 4.69) is 10.4 Å². The Bertz CT molecular complexity index is 283. The number of rotatable bonds is 4. The van der Waals surface area contributed by atoms with Crippen LogP contribution < -0.4 is 21.5 Å². The summed E-state index contributed by atoms with van der Waals surface area (Å²) in [4.78, 5) is 0. The van der Waals surface area contributed by atoms with E-state index in [0.717, 1.165) is 6.54 Å². The van der Waals surface area contributed by atoms with E-state index in [0.29, 0.717) is 23.9 Å². The molecule has 0 aliphatic rings. The van der Waals surface area contributed by atoms with Crippen LogP contribution in [0, 0.1) is 0 Å². The van der Waals surface area contributed by atoms with Gasteiger partial charge in [-0.15, -0.1) is 5.10 Å². The van der Waals surface area contributed by atoms with Crippen molar-refractivity contribution in [3.8, 4) is 5.88 Å². The summed E-state index contributed by atoms with van der Waals surface area (Å²) in [5.74, 6) is 0.834. The third-order valence-corrected chi connectivity index (χ3v) is 1.76. The average molecular weight is 185 g/mol. The highest BCUT2D eigenvalue weighted by atomic mass is 16.5. The van der Waals surface area contributed by atoms with Gasteiger partial charge in [0.15, 0.2) is 0 Å². The summed E-state index contributed by atoms with van der Waals surface area (Å²) in [7, 11) is 3.38. The predicted octanol–water partition coefficient (Wildman–Crippen LogP) is -0.724. The van der Waals surface area contributed by atoms with Crippen LogP contribution in [0.4, 0.5) is 11.5 Å². The standard InChI is InChI=1S/C7H15N5O/c1-10-3-4-12-6(9)5(8)7(11-12)13-2/h10H,3-4,8-9H2,1-2H3. The van der Waals surface area contributed by atoms with Gasteiger partial charge in [0.2, 0.25) is 0 Å². The number of nitrogens with one attached hydrogen (secondary N) is 1. The molecule has 1 aromatic heterocycles. The quantitative estimate of drug-likeness (QED) is 0.575. The zero-order valence-corrected chi connectivity index (χ0v) is 7.87. The summed E-state index contributed by atoms with van der Waals surface area (Å²) in [6.07, 6.45) is 0. The molecule has 6 nitrogen and oxygen atoms in total. The van der Waals surface area contributed by atoms with Crippen LogP contribution in [-0.4, -0.2) is 30.5 Å². The van der Waals surface area contributed by atoms with Crippen LogP contribution in [0.15, 0.2) is 0 Å². The summed E-state index contributed by atoms with van der Waals surface area (Å²) in [5.41, 5.74) is 11.7. The highest BCUT2D eigenvalue weighted by Crippen LogP contribution is 2.25. The fourth-order valence-electron chi connectivity index (χ4n) is 1.00. The average Bonchev–Trinajstić information content (AvgIpc) is 2.41. The maximum absolute atomic E-state index is 5.69. The van der Waals surface area contributed by atoms with Gasteiger partial charge in [0, 0.05) is 6.54 Å². The normalized spacial score (nSPS) is 10.3. The van der Waals surface area contributed by atoms with Gasteiger partial charge in [0.1, 0.15) is 11.5 Å². The molecular formula is C7H15N5O. The molecule has 0 aliphatic heterocycles. The molecule has 0 bridgehead atoms. The molecule has 1 rings (SSSR count). The van der Waals surface area contributed by atoms with E-state index in [1.165, 1.54) is 7.11 Å². The number of likely N-dealkylation sites (N-methyl/N-ethyl adjacent to an activating group) is 1. The third-order valence-electron chi connectivity index (χ3n) is 1.76. The van der Waals surface area contributed by atoms with E-state index < -0.39 is 0 Å². The van der Waals surface area contributed by atoms with Crippen molar-refractivity contribution in [2.24, 2.45) is 0 Å². The molecule has 0 aliphatic carbocycles. The topological polar surface area (TPSA) is 91.1 Å². The molecule has 0 radical (unpaired) electrons. The molecular weight excluding hydrogens is 170 g/mol. The molecule has 74 valence electrons. The first-order valence-electron chi connectivity index (χ1n) is 4.01. The maximum Gasteiger partial charge on any atom is 0.258 e. The van der Waals surface area contributed by atoms with Crippen molar-refractivity contribution in [1.82, 2.24) is 15.1 Å². The first-order chi connectivity index (χ1) is 6.20. The second-order valence-electron chi connectivity index (χ2n) is 2.63. The number of nitrogen functional groups attached to an aromatic ring is 2. The summed E-state index contributed by atoms with van der Waals surface area (Å²) in [6, 6.07) is 0. The van der Waals surface area contributed by atoms with Crippen LogP contribution >= 0.6 is 0 Å². The third kappa shape index (κ3) is 1.83. The van der Waals surface area contributed by atoms with Crippen LogP contribution in [0.5, 0.6) is 5.88 Å². The number of methoxy groups -OCH3 is 1. The molecule has 0 saturated heterocycles. The van der Waals surface area contributed by atoms with Crippen molar-refractivity contribution in [1.29, 1.82) is 0 Å². The van der Waals surface area contributed by atoms with Crippen LogP contribution in [0.2, 0.25) is 0 Å². The predicted molar refractivity (Wildman–Crippen MR) is 51.5 cm³/mol. The van der Waals surface area contributed by atoms with Gasteiger partial charge in [-0.3, -0.25) is 0 Å². The Labute approximate surface area is 76.8 Å². The van der Waals surface area contributed by atoms with Gasteiger partial charge in [-0.1, -0.05) is 0 Å². The molecule has 1 heterocycles. The monoisotopic (exact) mass is 185 g/mol. The van der Waals surface area contributed by atoms with Crippen molar-refractivity contribution in [3.05, 3.63) is 0 Å². The second-order valence-corrected chi connectivity index (χ2v) is 2.63. The molecule has 0 amide bonds. The SMILES string of the molecule is CNCCn1nc(OC)c(N)c1N. The number of nitrogens with two attached hydrogens (primary N) is 2. The van der Waals surface area contributed by atoms with Gasteiger partial charge >= 0.3 is 0 Å². The Kier molecular flexibility index (Phi) is 2.97. The largest absolute Gasteiger partial charge is 0.478 e. The van der Waals surface area contributed by atoms with Gasteiger partial charge in [0.05, 0.1) is 13.7 Å². The molecule has 1 aromatic rings. The first-order valence-corrected chi connectivity index (χ1v) is 4.01. The van der Waals surface area contributed by atoms with E-state index in [1.807, 2.05) is 7.05 Å². The Morgan fingerprint density at radius 3 is 2.69 bits per heavy atom. The summed E-state index contributed by atoms with van der Waals surface area (Å²) >= 11 is 0. The first kappa shape index (κ1) is 9.66. The lowest BCUT2D eigenvalue weighted by Crippen LogP contribution is -2.17. The van der Waals surface area contributed by atoms with Gasteiger partial charge in [0.25, 0.3) is 5.88 Å². The molecule has 5 N–H and O–H groups in total. The molecule has 0 atom stereocenters. The van der Waals surface area contributed by atoms with E-state index in [4.69, 9.17) is 16.2 Å². The molecule has 13 heavy (non-hydrogen) atoms. The van der Waals surface area contributed by atoms with Gasteiger partial charge in [-0.25, -0.2) is 4.68 Å². The highest BCUT2D eigenvalue weighted by molar-refractivity contribution is 5.65. The Hall–Kier alpha value is -1.43. The van der Waals surface area contributed by atoms with Gasteiger partial charge in [-0.2, -0.15) is 0 Å². The molecule has 0 fully saturated rings. The minimum atomic E-state index is 0.383. The number of aromatic nitrogens is 2. The zero-order valence-electron chi connectivity index (χ0n) is 7.87. The summed E-state index contributed by atoms with van der Waals surface area (Å²) in [6.45, 7) is 1.46. The lowest BCUT2D eigenvalue weighted by Gasteiger charge is -2.01. The fourth-order valence-corrected chi connectivity index (χ4v) is 1.00. The summed E-state index contributed by atoms with van der Waals surface area (Å²) < 4.78 is 6.54. The van der Waals surface area contributed by atoms with Crippen LogP contribution in [0.3, 0.4) is 0 Å². The number of ether oxygens (including phenoxy) is 1. The van der Waals surface area contributed by atoms with Crippen LogP contribution in [-0.2, 0) is 6.54 Å². The van der Waals surface area contributed by atoms with Crippen molar-refractivity contribution in [2.75, 3.05) is 32.2 Å². The van der Waals surface area contributed by atoms with Gasteiger partial charge in [-0.05, 0) is 7.05 Å². The van der Waals surface area contributed by atoms with Crippen molar-refractivity contribution < 1.29 is 4.74 Å². The van der Waals surface area contributed by atoms with E-state index >= 15 is 0 Å². The molecule has 0 aromatic carbocycles. The number of nitrogens with zero attached hydrogens (tertiary/aromatic N) is 2. The van der Waals surface area contributed by atoms with Gasteiger partial charge < -0.3 is 21.5 Å². The van der Waals surface area contributed by atoms with E-state index in [-0.39, 0.29) is 0 Å². The van der Waals surface area contributed by atoms with Crippen LogP contribution in [0.1, 0.15) is 0 Å². The minimum absolute atomic E-state index is 0.383. The van der Waals surface area contributed by atoms with Crippen molar-refractivity contribution in [2.45, 2.75) is 6.54 Å². The molecule has 6 heteroatoms. The van der Waals surface area contributed by atoms with Crippen molar-refractivity contribution >= 4 is 11.5 Å². The number of hydrogen-bond acceptors (Lipinski definition) is 5. The second kappa shape index (κ2) is 3.99. The van der Waals surface area contributed by atoms with E-state index in [9.17, 15) is 0 Å².